The molecule has 140 valence electrons. The summed E-state index contributed by atoms with van der Waals surface area (Å²) < 4.78 is 0. The summed E-state index contributed by atoms with van der Waals surface area (Å²) in [5, 5.41) is 21.3. The summed E-state index contributed by atoms with van der Waals surface area (Å²) in [6, 6.07) is 0. The van der Waals surface area contributed by atoms with E-state index in [1.54, 1.807) is 0 Å². The van der Waals surface area contributed by atoms with Crippen molar-refractivity contribution in [2.45, 2.75) is 83.8 Å². The summed E-state index contributed by atoms with van der Waals surface area (Å²) in [6.07, 6.45) is 12.8. The topological polar surface area (TPSA) is 40.5 Å². The molecule has 0 aliphatic heterocycles. The summed E-state index contributed by atoms with van der Waals surface area (Å²) >= 11 is 0. The third-order valence-electron chi connectivity index (χ3n) is 9.30. The van der Waals surface area contributed by atoms with Crippen molar-refractivity contribution < 1.29 is 10.2 Å². The maximum atomic E-state index is 11.1. The Hall–Kier alpha value is -0.600. The minimum atomic E-state index is -0.513. The van der Waals surface area contributed by atoms with Crippen molar-refractivity contribution in [3.05, 3.63) is 24.3 Å². The van der Waals surface area contributed by atoms with E-state index in [0.717, 1.165) is 38.5 Å². The summed E-state index contributed by atoms with van der Waals surface area (Å²) in [7, 11) is 0. The molecule has 4 aliphatic carbocycles. The Morgan fingerprint density at radius 2 is 1.84 bits per heavy atom. The Morgan fingerprint density at radius 1 is 1.12 bits per heavy atom. The van der Waals surface area contributed by atoms with E-state index in [-0.39, 0.29) is 16.9 Å². The maximum Gasteiger partial charge on any atom is 0.0724 e. The molecule has 0 heterocycles. The van der Waals surface area contributed by atoms with Crippen LogP contribution in [0.1, 0.15) is 72.1 Å². The van der Waals surface area contributed by atoms with Crippen LogP contribution < -0.4 is 0 Å². The lowest BCUT2D eigenvalue weighted by Gasteiger charge is -2.61. The second kappa shape index (κ2) is 5.70. The molecule has 3 fully saturated rings. The largest absolute Gasteiger partial charge is 0.390 e. The van der Waals surface area contributed by atoms with E-state index in [4.69, 9.17) is 0 Å². The average Bonchev–Trinajstić information content (AvgIpc) is 2.79. The van der Waals surface area contributed by atoms with Gasteiger partial charge in [0.25, 0.3) is 0 Å². The Morgan fingerprint density at radius 3 is 2.56 bits per heavy atom. The van der Waals surface area contributed by atoms with Gasteiger partial charge >= 0.3 is 0 Å². The van der Waals surface area contributed by atoms with Crippen LogP contribution in [0.5, 0.6) is 0 Å². The van der Waals surface area contributed by atoms with Gasteiger partial charge in [0, 0.05) is 0 Å². The number of allylic oxidation sites excluding steroid dienone is 2. The molecule has 0 aromatic carbocycles. The van der Waals surface area contributed by atoms with E-state index in [1.807, 2.05) is 0 Å². The predicted octanol–water partition coefficient (Wildman–Crippen LogP) is 4.86. The number of hydrogen-bond acceptors (Lipinski definition) is 2. The third kappa shape index (κ3) is 2.36. The number of aliphatic hydroxyl groups is 2. The standard InChI is InChI=1S/C23H36O2/c1-5-6-15-13-16-14-17(24)7-10-21(16,2)18-8-11-22(3)19(20(15)18)9-12-23(22,4)25/h5,14-15,17-20,24-25H,1,6-13H2,2-4H3/t15?,17?,18-,19+,20-,21+,22+,23?/m1/s1. The molecule has 2 N–H and O–H groups in total. The van der Waals surface area contributed by atoms with Gasteiger partial charge in [0.2, 0.25) is 0 Å². The van der Waals surface area contributed by atoms with Gasteiger partial charge in [-0.3, -0.25) is 0 Å². The van der Waals surface area contributed by atoms with Gasteiger partial charge in [0.15, 0.2) is 0 Å². The molecule has 3 unspecified atom stereocenters. The van der Waals surface area contributed by atoms with Crippen molar-refractivity contribution in [1.29, 1.82) is 0 Å². The second-order valence-corrected chi connectivity index (χ2v) is 10.3. The number of aliphatic hydroxyl groups excluding tert-OH is 1. The molecule has 25 heavy (non-hydrogen) atoms. The van der Waals surface area contributed by atoms with Crippen LogP contribution >= 0.6 is 0 Å². The SMILES string of the molecule is C=CCC1CC2=CC(O)CC[C@]2(C)[C@@H]2CC[C@@]3(C)[C@@H](CCC3(C)O)[C@H]12. The zero-order chi connectivity index (χ0) is 18.0. The Balaban J connectivity index is 1.76. The highest BCUT2D eigenvalue weighted by Crippen LogP contribution is 2.69. The molecule has 0 aromatic rings. The van der Waals surface area contributed by atoms with Gasteiger partial charge in [0.05, 0.1) is 11.7 Å². The van der Waals surface area contributed by atoms with E-state index in [0.29, 0.717) is 23.7 Å². The van der Waals surface area contributed by atoms with Gasteiger partial charge in [-0.05, 0) is 92.8 Å². The van der Waals surface area contributed by atoms with Gasteiger partial charge in [-0.2, -0.15) is 0 Å². The first-order chi connectivity index (χ1) is 11.7. The zero-order valence-corrected chi connectivity index (χ0v) is 16.3. The molecule has 2 nitrogen and oxygen atoms in total. The Kier molecular flexibility index (Phi) is 4.05. The van der Waals surface area contributed by atoms with Gasteiger partial charge in [-0.25, -0.2) is 0 Å². The lowest BCUT2D eigenvalue weighted by Crippen LogP contribution is -2.56. The van der Waals surface area contributed by atoms with Crippen LogP contribution in [0.3, 0.4) is 0 Å². The first-order valence-corrected chi connectivity index (χ1v) is 10.5. The first-order valence-electron chi connectivity index (χ1n) is 10.5. The van der Waals surface area contributed by atoms with E-state index in [1.165, 1.54) is 18.4 Å². The monoisotopic (exact) mass is 344 g/mol. The maximum absolute atomic E-state index is 11.1. The van der Waals surface area contributed by atoms with Crippen molar-refractivity contribution in [2.75, 3.05) is 0 Å². The van der Waals surface area contributed by atoms with Crippen molar-refractivity contribution >= 4 is 0 Å². The molecule has 8 atom stereocenters. The lowest BCUT2D eigenvalue weighted by molar-refractivity contribution is -0.132. The molecular formula is C23H36O2. The molecule has 0 bridgehead atoms. The summed E-state index contributed by atoms with van der Waals surface area (Å²) in [6.45, 7) is 11.0. The first kappa shape index (κ1) is 17.8. The lowest BCUT2D eigenvalue weighted by atomic mass is 9.44. The van der Waals surface area contributed by atoms with Crippen molar-refractivity contribution in [1.82, 2.24) is 0 Å². The fraction of sp³-hybridized carbons (Fsp3) is 0.826. The molecule has 0 spiro atoms. The van der Waals surface area contributed by atoms with E-state index >= 15 is 0 Å². The smallest absolute Gasteiger partial charge is 0.0724 e. The van der Waals surface area contributed by atoms with E-state index in [9.17, 15) is 10.2 Å². The van der Waals surface area contributed by atoms with Crippen molar-refractivity contribution in [3.8, 4) is 0 Å². The van der Waals surface area contributed by atoms with Crippen LogP contribution in [0.2, 0.25) is 0 Å². The van der Waals surface area contributed by atoms with Crippen molar-refractivity contribution in [3.63, 3.8) is 0 Å². The molecule has 2 heteroatoms. The van der Waals surface area contributed by atoms with Gasteiger partial charge < -0.3 is 10.2 Å². The average molecular weight is 345 g/mol. The molecule has 4 rings (SSSR count). The Labute approximate surface area is 153 Å². The van der Waals surface area contributed by atoms with E-state index < -0.39 is 5.60 Å². The summed E-state index contributed by atoms with van der Waals surface area (Å²) in [5.74, 6) is 2.67. The third-order valence-corrected chi connectivity index (χ3v) is 9.30. The van der Waals surface area contributed by atoms with E-state index in [2.05, 4.69) is 39.5 Å². The normalized spacial score (nSPS) is 54.9. The van der Waals surface area contributed by atoms with Crippen LogP contribution in [0.15, 0.2) is 24.3 Å². The molecule has 0 amide bonds. The fourth-order valence-corrected chi connectivity index (χ4v) is 7.55. The second-order valence-electron chi connectivity index (χ2n) is 10.3. The quantitative estimate of drug-likeness (QED) is 0.702. The highest BCUT2D eigenvalue weighted by molar-refractivity contribution is 5.27. The zero-order valence-electron chi connectivity index (χ0n) is 16.3. The molecule has 4 aliphatic rings. The Bertz CT molecular complexity index is 591. The molecule has 0 saturated heterocycles. The number of fused-ring (bicyclic) bond motifs is 5. The van der Waals surface area contributed by atoms with Crippen LogP contribution in [0, 0.1) is 34.5 Å². The summed E-state index contributed by atoms with van der Waals surface area (Å²) in [4.78, 5) is 0. The summed E-state index contributed by atoms with van der Waals surface area (Å²) in [5.41, 5.74) is 1.34. The number of rotatable bonds is 2. The highest BCUT2D eigenvalue weighted by Gasteiger charge is 2.63. The molecule has 0 aromatic heterocycles. The van der Waals surface area contributed by atoms with Gasteiger partial charge in [0.1, 0.15) is 0 Å². The van der Waals surface area contributed by atoms with Gasteiger partial charge in [-0.1, -0.05) is 31.6 Å². The molecule has 3 saturated carbocycles. The minimum Gasteiger partial charge on any atom is -0.390 e. The van der Waals surface area contributed by atoms with Crippen LogP contribution in [-0.4, -0.2) is 21.9 Å². The molecular weight excluding hydrogens is 308 g/mol. The number of hydrogen-bond donors (Lipinski definition) is 2. The van der Waals surface area contributed by atoms with Crippen molar-refractivity contribution in [2.24, 2.45) is 34.5 Å². The highest BCUT2D eigenvalue weighted by atomic mass is 16.3. The fourth-order valence-electron chi connectivity index (χ4n) is 7.55. The van der Waals surface area contributed by atoms with Crippen LogP contribution in [-0.2, 0) is 0 Å². The molecule has 0 radical (unpaired) electrons. The predicted molar refractivity (Wildman–Crippen MR) is 102 cm³/mol. The van der Waals surface area contributed by atoms with Gasteiger partial charge in [-0.15, -0.1) is 6.58 Å². The van der Waals surface area contributed by atoms with Crippen LogP contribution in [0.4, 0.5) is 0 Å². The minimum absolute atomic E-state index is 0.0688. The van der Waals surface area contributed by atoms with Crippen LogP contribution in [0.25, 0.3) is 0 Å².